The molecule has 0 aliphatic heterocycles. The van der Waals surface area contributed by atoms with Crippen LogP contribution in [0.1, 0.15) is 32.2 Å². The number of esters is 1. The molecule has 138 valence electrons. The molecule has 3 rings (SSSR count). The fourth-order valence-corrected chi connectivity index (χ4v) is 3.11. The number of aryl methyl sites for hydroxylation is 1. The molecule has 0 saturated heterocycles. The van der Waals surface area contributed by atoms with Crippen LogP contribution in [-0.4, -0.2) is 28.5 Å². The minimum Gasteiger partial charge on any atom is -0.454 e. The van der Waals surface area contributed by atoms with E-state index in [1.807, 2.05) is 0 Å². The number of halogens is 1. The Hall–Kier alpha value is -3.00. The van der Waals surface area contributed by atoms with E-state index in [1.165, 1.54) is 30.0 Å². The maximum atomic E-state index is 13.2. The van der Waals surface area contributed by atoms with E-state index >= 15 is 0 Å². The number of pyridine rings is 1. The number of hydrogen-bond donors (Lipinski definition) is 0. The van der Waals surface area contributed by atoms with Gasteiger partial charge in [0.2, 0.25) is 0 Å². The van der Waals surface area contributed by atoms with E-state index in [0.717, 1.165) is 11.8 Å². The molecule has 0 aliphatic rings. The van der Waals surface area contributed by atoms with Crippen LogP contribution >= 0.6 is 11.8 Å². The normalized spacial score (nSPS) is 10.6. The second-order valence-electron chi connectivity index (χ2n) is 5.58. The number of aromatic nitrogens is 2. The lowest BCUT2D eigenvalue weighted by Gasteiger charge is -2.08. The van der Waals surface area contributed by atoms with E-state index in [9.17, 15) is 14.0 Å². The van der Waals surface area contributed by atoms with Gasteiger partial charge in [0.1, 0.15) is 16.6 Å². The van der Waals surface area contributed by atoms with Gasteiger partial charge in [-0.1, -0.05) is 29.1 Å². The van der Waals surface area contributed by atoms with Gasteiger partial charge < -0.3 is 9.26 Å². The van der Waals surface area contributed by atoms with Crippen LogP contribution in [0.5, 0.6) is 0 Å². The van der Waals surface area contributed by atoms with Gasteiger partial charge in [-0.15, -0.1) is 0 Å². The third-order valence-electron chi connectivity index (χ3n) is 3.51. The van der Waals surface area contributed by atoms with E-state index in [2.05, 4.69) is 10.1 Å². The van der Waals surface area contributed by atoms with Crippen molar-refractivity contribution in [1.82, 2.24) is 10.1 Å². The third kappa shape index (κ3) is 5.01. The summed E-state index contributed by atoms with van der Waals surface area (Å²) < 4.78 is 23.3. The number of nitrogens with zero attached hydrogens (tertiary/aromatic N) is 2. The van der Waals surface area contributed by atoms with Crippen LogP contribution in [0.3, 0.4) is 0 Å². The van der Waals surface area contributed by atoms with Crippen LogP contribution < -0.4 is 0 Å². The highest BCUT2D eigenvalue weighted by atomic mass is 32.2. The van der Waals surface area contributed by atoms with Crippen molar-refractivity contribution < 1.29 is 23.2 Å². The highest BCUT2D eigenvalue weighted by Gasteiger charge is 2.17. The number of carbonyl (C=O) groups is 2. The van der Waals surface area contributed by atoms with Crippen molar-refractivity contribution in [3.8, 4) is 0 Å². The first kappa shape index (κ1) is 18.8. The Morgan fingerprint density at radius 1 is 1.22 bits per heavy atom. The molecule has 2 aromatic heterocycles. The highest BCUT2D eigenvalue weighted by molar-refractivity contribution is 7.98. The van der Waals surface area contributed by atoms with Crippen LogP contribution in [0.2, 0.25) is 0 Å². The SMILES string of the molecule is Cc1cc(CSc2ncccc2C(=O)OCC(=O)c2cccc(F)c2)no1. The highest BCUT2D eigenvalue weighted by Crippen LogP contribution is 2.24. The first-order valence-corrected chi connectivity index (χ1v) is 8.97. The summed E-state index contributed by atoms with van der Waals surface area (Å²) in [6.45, 7) is 1.31. The quantitative estimate of drug-likeness (QED) is 0.346. The summed E-state index contributed by atoms with van der Waals surface area (Å²) in [5.74, 6) is -0.523. The minimum absolute atomic E-state index is 0.144. The topological polar surface area (TPSA) is 82.3 Å². The zero-order chi connectivity index (χ0) is 19.2. The number of Topliss-reactive ketones (excluding diaryl/α,β-unsaturated/α-hetero) is 1. The molecule has 6 nitrogen and oxygen atoms in total. The summed E-state index contributed by atoms with van der Waals surface area (Å²) in [6, 6.07) is 10.2. The second-order valence-corrected chi connectivity index (χ2v) is 6.55. The Bertz CT molecular complexity index is 974. The number of thioether (sulfide) groups is 1. The molecule has 0 aliphatic carbocycles. The van der Waals surface area contributed by atoms with E-state index < -0.39 is 24.2 Å². The molecule has 0 unspecified atom stereocenters. The molecule has 0 saturated carbocycles. The standard InChI is InChI=1S/C19H15FN2O4S/c1-12-8-15(22-26-12)11-27-18-16(6-3-7-21-18)19(24)25-10-17(23)13-4-2-5-14(20)9-13/h2-9H,10-11H2,1H3. The van der Waals surface area contributed by atoms with Crippen molar-refractivity contribution in [3.05, 3.63) is 77.1 Å². The smallest absolute Gasteiger partial charge is 0.341 e. The van der Waals surface area contributed by atoms with Crippen molar-refractivity contribution >= 4 is 23.5 Å². The summed E-state index contributed by atoms with van der Waals surface area (Å²) in [7, 11) is 0. The number of benzene rings is 1. The first-order valence-electron chi connectivity index (χ1n) is 7.99. The summed E-state index contributed by atoms with van der Waals surface area (Å²) in [5.41, 5.74) is 1.11. The molecular weight excluding hydrogens is 371 g/mol. The molecule has 0 fully saturated rings. The first-order chi connectivity index (χ1) is 13.0. The van der Waals surface area contributed by atoms with Gasteiger partial charge in [0.05, 0.1) is 11.3 Å². The number of ether oxygens (including phenoxy) is 1. The van der Waals surface area contributed by atoms with Gasteiger partial charge in [-0.05, 0) is 31.2 Å². The predicted molar refractivity (Wildman–Crippen MR) is 96.1 cm³/mol. The summed E-state index contributed by atoms with van der Waals surface area (Å²) >= 11 is 1.31. The average molecular weight is 386 g/mol. The summed E-state index contributed by atoms with van der Waals surface area (Å²) in [5, 5.41) is 4.35. The van der Waals surface area contributed by atoms with Crippen LogP contribution in [0.4, 0.5) is 4.39 Å². The lowest BCUT2D eigenvalue weighted by molar-refractivity contribution is 0.0470. The monoisotopic (exact) mass is 386 g/mol. The summed E-state index contributed by atoms with van der Waals surface area (Å²) in [4.78, 5) is 28.6. The zero-order valence-corrected chi connectivity index (χ0v) is 15.2. The van der Waals surface area contributed by atoms with Crippen LogP contribution in [0.15, 0.2) is 58.2 Å². The molecule has 2 heterocycles. The van der Waals surface area contributed by atoms with E-state index in [-0.39, 0.29) is 11.1 Å². The molecule has 1 aromatic carbocycles. The zero-order valence-electron chi connectivity index (χ0n) is 14.3. The fourth-order valence-electron chi connectivity index (χ4n) is 2.24. The Kier molecular flexibility index (Phi) is 5.97. The molecule has 0 spiro atoms. The van der Waals surface area contributed by atoms with E-state index in [0.29, 0.717) is 16.5 Å². The Morgan fingerprint density at radius 3 is 2.81 bits per heavy atom. The van der Waals surface area contributed by atoms with Crippen molar-refractivity contribution in [3.63, 3.8) is 0 Å². The summed E-state index contributed by atoms with van der Waals surface area (Å²) in [6.07, 6.45) is 1.56. The minimum atomic E-state index is -0.674. The second kappa shape index (κ2) is 8.59. The van der Waals surface area contributed by atoms with Gasteiger partial charge >= 0.3 is 5.97 Å². The van der Waals surface area contributed by atoms with Gasteiger partial charge in [0.15, 0.2) is 12.4 Å². The molecule has 27 heavy (non-hydrogen) atoms. The number of rotatable bonds is 7. The maximum Gasteiger partial charge on any atom is 0.341 e. The van der Waals surface area contributed by atoms with Gasteiger partial charge in [-0.2, -0.15) is 0 Å². The number of hydrogen-bond acceptors (Lipinski definition) is 7. The van der Waals surface area contributed by atoms with E-state index in [4.69, 9.17) is 9.26 Å². The lowest BCUT2D eigenvalue weighted by atomic mass is 10.1. The molecule has 0 N–H and O–H groups in total. The average Bonchev–Trinajstić information content (AvgIpc) is 3.09. The molecule has 3 aromatic rings. The van der Waals surface area contributed by atoms with Gasteiger partial charge in [0, 0.05) is 23.6 Å². The van der Waals surface area contributed by atoms with Crippen molar-refractivity contribution in [2.75, 3.05) is 6.61 Å². The van der Waals surface area contributed by atoms with Crippen molar-refractivity contribution in [2.45, 2.75) is 17.7 Å². The molecule has 0 radical (unpaired) electrons. The number of ketones is 1. The Balaban J connectivity index is 1.63. The Labute approximate surface area is 158 Å². The van der Waals surface area contributed by atoms with Crippen molar-refractivity contribution in [2.24, 2.45) is 0 Å². The molecule has 0 bridgehead atoms. The van der Waals surface area contributed by atoms with Crippen LogP contribution in [0.25, 0.3) is 0 Å². The fraction of sp³-hybridized carbons (Fsp3) is 0.158. The lowest BCUT2D eigenvalue weighted by Crippen LogP contribution is -2.15. The molecule has 0 atom stereocenters. The van der Waals surface area contributed by atoms with Crippen molar-refractivity contribution in [1.29, 1.82) is 0 Å². The van der Waals surface area contributed by atoms with Crippen LogP contribution in [-0.2, 0) is 10.5 Å². The molecule has 8 heteroatoms. The van der Waals surface area contributed by atoms with Crippen LogP contribution in [0, 0.1) is 12.7 Å². The Morgan fingerprint density at radius 2 is 2.07 bits per heavy atom. The molecule has 0 amide bonds. The van der Waals surface area contributed by atoms with Gasteiger partial charge in [0.25, 0.3) is 0 Å². The largest absolute Gasteiger partial charge is 0.454 e. The third-order valence-corrected chi connectivity index (χ3v) is 4.54. The molecular formula is C19H15FN2O4S. The maximum absolute atomic E-state index is 13.2. The van der Waals surface area contributed by atoms with Gasteiger partial charge in [-0.25, -0.2) is 14.2 Å². The van der Waals surface area contributed by atoms with E-state index in [1.54, 1.807) is 31.3 Å². The number of carbonyl (C=O) groups excluding carboxylic acids is 2. The van der Waals surface area contributed by atoms with Gasteiger partial charge in [-0.3, -0.25) is 4.79 Å². The predicted octanol–water partition coefficient (Wildman–Crippen LogP) is 3.85.